The minimum Gasteiger partial charge on any atom is -0.357 e. The number of halogens is 1. The van der Waals surface area contributed by atoms with Gasteiger partial charge in [-0.3, -0.25) is 9.79 Å². The molecule has 0 aliphatic rings. The van der Waals surface area contributed by atoms with Crippen LogP contribution in [0.2, 0.25) is 0 Å². The summed E-state index contributed by atoms with van der Waals surface area (Å²) in [5, 5.41) is 9.43. The molecule has 0 unspecified atom stereocenters. The van der Waals surface area contributed by atoms with Gasteiger partial charge in [0.15, 0.2) is 5.96 Å². The third-order valence-corrected chi connectivity index (χ3v) is 3.68. The van der Waals surface area contributed by atoms with Crippen molar-refractivity contribution in [2.24, 2.45) is 10.4 Å². The second-order valence-corrected chi connectivity index (χ2v) is 7.44. The number of amides is 1. The van der Waals surface area contributed by atoms with Gasteiger partial charge in [-0.15, -0.1) is 24.0 Å². The summed E-state index contributed by atoms with van der Waals surface area (Å²) in [6, 6.07) is 6.61. The molecule has 148 valence electrons. The molecule has 0 bridgehead atoms. The molecule has 0 radical (unpaired) electrons. The lowest BCUT2D eigenvalue weighted by atomic mass is 9.96. The third-order valence-electron chi connectivity index (χ3n) is 3.68. The Morgan fingerprint density at radius 1 is 1.00 bits per heavy atom. The van der Waals surface area contributed by atoms with Gasteiger partial charge in [-0.25, -0.2) is 0 Å². The van der Waals surface area contributed by atoms with E-state index in [1.807, 2.05) is 27.7 Å². The van der Waals surface area contributed by atoms with Crippen molar-refractivity contribution in [2.45, 2.75) is 48.0 Å². The van der Waals surface area contributed by atoms with E-state index < -0.39 is 0 Å². The first kappa shape index (κ1) is 24.7. The standard InChI is InChI=1S/C20H34N4O.HI/c1-7-21-19(24-11-10-22-18(25)20(4,5)6)23-9-8-17-13-15(2)12-16(3)14-17;/h12-14H,7-11H2,1-6H3,(H,22,25)(H2,21,23,24);1H. The number of benzene rings is 1. The fourth-order valence-electron chi connectivity index (χ4n) is 2.47. The molecule has 1 aromatic carbocycles. The molecular weight excluding hydrogens is 439 g/mol. The Kier molecular flexibility index (Phi) is 11.5. The summed E-state index contributed by atoms with van der Waals surface area (Å²) in [5.74, 6) is 0.850. The molecule has 0 saturated heterocycles. The van der Waals surface area contributed by atoms with Crippen molar-refractivity contribution in [3.05, 3.63) is 34.9 Å². The van der Waals surface area contributed by atoms with Crippen molar-refractivity contribution in [3.8, 4) is 0 Å². The summed E-state index contributed by atoms with van der Waals surface area (Å²) in [7, 11) is 0. The number of carbonyl (C=O) groups excluding carboxylic acids is 1. The van der Waals surface area contributed by atoms with Crippen LogP contribution in [0.3, 0.4) is 0 Å². The lowest BCUT2D eigenvalue weighted by Gasteiger charge is -2.18. The van der Waals surface area contributed by atoms with E-state index in [4.69, 9.17) is 0 Å². The Hall–Kier alpha value is -1.31. The fourth-order valence-corrected chi connectivity index (χ4v) is 2.47. The summed E-state index contributed by atoms with van der Waals surface area (Å²) in [4.78, 5) is 16.4. The molecular formula is C20H35IN4O. The predicted molar refractivity (Wildman–Crippen MR) is 121 cm³/mol. The molecule has 0 aliphatic carbocycles. The highest BCUT2D eigenvalue weighted by Crippen LogP contribution is 2.12. The highest BCUT2D eigenvalue weighted by Gasteiger charge is 2.20. The lowest BCUT2D eigenvalue weighted by Crippen LogP contribution is -2.43. The smallest absolute Gasteiger partial charge is 0.225 e. The summed E-state index contributed by atoms with van der Waals surface area (Å²) in [6.07, 6.45) is 0.917. The first-order valence-corrected chi connectivity index (χ1v) is 9.10. The van der Waals surface area contributed by atoms with Crippen LogP contribution >= 0.6 is 24.0 Å². The topological polar surface area (TPSA) is 65.5 Å². The van der Waals surface area contributed by atoms with Gasteiger partial charge in [0.05, 0.1) is 0 Å². The maximum absolute atomic E-state index is 11.8. The molecule has 3 N–H and O–H groups in total. The van der Waals surface area contributed by atoms with Gasteiger partial charge in [-0.05, 0) is 32.8 Å². The van der Waals surface area contributed by atoms with Crippen LogP contribution in [0.4, 0.5) is 0 Å². The Morgan fingerprint density at radius 2 is 1.58 bits per heavy atom. The van der Waals surface area contributed by atoms with Crippen molar-refractivity contribution in [1.82, 2.24) is 16.0 Å². The summed E-state index contributed by atoms with van der Waals surface area (Å²) >= 11 is 0. The number of nitrogens with zero attached hydrogens (tertiary/aromatic N) is 1. The average molecular weight is 474 g/mol. The Morgan fingerprint density at radius 3 is 2.12 bits per heavy atom. The van der Waals surface area contributed by atoms with Gasteiger partial charge < -0.3 is 16.0 Å². The van der Waals surface area contributed by atoms with Crippen LogP contribution < -0.4 is 16.0 Å². The molecule has 1 amide bonds. The fraction of sp³-hybridized carbons (Fsp3) is 0.600. The number of nitrogens with one attached hydrogen (secondary N) is 3. The van der Waals surface area contributed by atoms with E-state index in [2.05, 4.69) is 53.0 Å². The zero-order chi connectivity index (χ0) is 18.9. The molecule has 1 rings (SSSR count). The minimum atomic E-state index is -0.357. The van der Waals surface area contributed by atoms with Crippen LogP contribution in [-0.4, -0.2) is 38.0 Å². The van der Waals surface area contributed by atoms with E-state index in [1.165, 1.54) is 16.7 Å². The van der Waals surface area contributed by atoms with Crippen LogP contribution in [0.15, 0.2) is 23.2 Å². The molecule has 0 fully saturated rings. The van der Waals surface area contributed by atoms with Crippen molar-refractivity contribution in [2.75, 3.05) is 26.2 Å². The molecule has 5 nitrogen and oxygen atoms in total. The highest BCUT2D eigenvalue weighted by molar-refractivity contribution is 14.0. The van der Waals surface area contributed by atoms with E-state index in [-0.39, 0.29) is 35.3 Å². The largest absolute Gasteiger partial charge is 0.357 e. The maximum Gasteiger partial charge on any atom is 0.225 e. The van der Waals surface area contributed by atoms with Crippen LogP contribution in [-0.2, 0) is 11.2 Å². The van der Waals surface area contributed by atoms with Gasteiger partial charge in [-0.1, -0.05) is 50.1 Å². The molecule has 6 heteroatoms. The molecule has 26 heavy (non-hydrogen) atoms. The van der Waals surface area contributed by atoms with E-state index >= 15 is 0 Å². The van der Waals surface area contributed by atoms with Crippen LogP contribution in [0.25, 0.3) is 0 Å². The SMILES string of the molecule is CCNC(=NCCc1cc(C)cc(C)c1)NCCNC(=O)C(C)(C)C.I. The average Bonchev–Trinajstić information content (AvgIpc) is 2.49. The van der Waals surface area contributed by atoms with Crippen molar-refractivity contribution in [1.29, 1.82) is 0 Å². The number of carbonyl (C=O) groups is 1. The molecule has 0 spiro atoms. The van der Waals surface area contributed by atoms with E-state index in [1.54, 1.807) is 0 Å². The minimum absolute atomic E-state index is 0. The second kappa shape index (κ2) is 12.1. The van der Waals surface area contributed by atoms with Crippen molar-refractivity contribution >= 4 is 35.8 Å². The number of guanidine groups is 1. The Balaban J connectivity index is 0.00000625. The lowest BCUT2D eigenvalue weighted by molar-refractivity contribution is -0.128. The van der Waals surface area contributed by atoms with Crippen molar-refractivity contribution in [3.63, 3.8) is 0 Å². The molecule has 0 atom stereocenters. The number of hydrogen-bond donors (Lipinski definition) is 3. The molecule has 0 saturated carbocycles. The van der Waals surface area contributed by atoms with Crippen LogP contribution in [0.5, 0.6) is 0 Å². The number of rotatable bonds is 7. The van der Waals surface area contributed by atoms with E-state index in [0.717, 1.165) is 25.5 Å². The number of hydrogen-bond acceptors (Lipinski definition) is 2. The maximum atomic E-state index is 11.8. The van der Waals surface area contributed by atoms with E-state index in [0.29, 0.717) is 13.1 Å². The predicted octanol–water partition coefficient (Wildman–Crippen LogP) is 3.18. The third kappa shape index (κ3) is 9.99. The number of aliphatic imine (C=N–C) groups is 1. The second-order valence-electron chi connectivity index (χ2n) is 7.44. The quantitative estimate of drug-likeness (QED) is 0.246. The van der Waals surface area contributed by atoms with Gasteiger partial charge >= 0.3 is 0 Å². The zero-order valence-corrected chi connectivity index (χ0v) is 19.4. The van der Waals surface area contributed by atoms with Gasteiger partial charge in [0.25, 0.3) is 0 Å². The molecule has 1 aromatic rings. The summed E-state index contributed by atoms with van der Waals surface area (Å²) in [6.45, 7) is 14.8. The van der Waals surface area contributed by atoms with Gasteiger partial charge in [0.2, 0.25) is 5.91 Å². The summed E-state index contributed by atoms with van der Waals surface area (Å²) < 4.78 is 0. The zero-order valence-electron chi connectivity index (χ0n) is 17.0. The van der Waals surface area contributed by atoms with Gasteiger partial charge in [-0.2, -0.15) is 0 Å². The summed E-state index contributed by atoms with van der Waals surface area (Å²) in [5.41, 5.74) is 3.54. The van der Waals surface area contributed by atoms with Gasteiger partial charge in [0.1, 0.15) is 0 Å². The monoisotopic (exact) mass is 474 g/mol. The molecule has 0 heterocycles. The van der Waals surface area contributed by atoms with Crippen LogP contribution in [0, 0.1) is 19.3 Å². The Labute approximate surface area is 175 Å². The molecule has 0 aromatic heterocycles. The first-order valence-electron chi connectivity index (χ1n) is 9.10. The number of aryl methyl sites for hydroxylation is 2. The normalized spacial score (nSPS) is 11.5. The first-order chi connectivity index (χ1) is 11.7. The molecule has 0 aliphatic heterocycles. The highest BCUT2D eigenvalue weighted by atomic mass is 127. The van der Waals surface area contributed by atoms with Gasteiger partial charge in [0, 0.05) is 31.6 Å². The van der Waals surface area contributed by atoms with Crippen molar-refractivity contribution < 1.29 is 4.79 Å². The van der Waals surface area contributed by atoms with Crippen LogP contribution in [0.1, 0.15) is 44.4 Å². The Bertz CT molecular complexity index is 574. The van der Waals surface area contributed by atoms with E-state index in [9.17, 15) is 4.79 Å².